The van der Waals surface area contributed by atoms with Crippen LogP contribution in [0.1, 0.15) is 0 Å². The summed E-state index contributed by atoms with van der Waals surface area (Å²) < 4.78 is 2.34. The van der Waals surface area contributed by atoms with E-state index in [1.165, 1.54) is 43.8 Å². The predicted molar refractivity (Wildman–Crippen MR) is 218 cm³/mol. The molecule has 3 heterocycles. The molecule has 0 saturated heterocycles. The van der Waals surface area contributed by atoms with E-state index < -0.39 is 0 Å². The fraction of sp³-hybridized carbons (Fsp3) is 0. The van der Waals surface area contributed by atoms with Crippen LogP contribution in [0.3, 0.4) is 0 Å². The molecule has 10 aromatic rings. The van der Waals surface area contributed by atoms with Crippen LogP contribution in [0.2, 0.25) is 0 Å². The van der Waals surface area contributed by atoms with E-state index in [-0.39, 0.29) is 0 Å². The van der Waals surface area contributed by atoms with Gasteiger partial charge in [-0.25, -0.2) is 15.0 Å². The standard InChI is InChI=1S/C49H30N4/c1-3-12-35-28-37(26-20-31(35)10-1)44-30-45(38-27-21-32-11-2-4-13-36(32)29-38)51-48(50-44)33-22-24-34(25-23-33)49-52-43-18-9-17-42-40-15-6-5-14-39(40)41-16-7-8-19-46(41)53(49)47(42)43/h1-30H. The Morgan fingerprint density at radius 2 is 0.849 bits per heavy atom. The molecule has 0 N–H and O–H groups in total. The van der Waals surface area contributed by atoms with Crippen LogP contribution in [0.15, 0.2) is 182 Å². The second kappa shape index (κ2) is 11.7. The molecule has 0 unspecified atom stereocenters. The molecule has 0 amide bonds. The van der Waals surface area contributed by atoms with Gasteiger partial charge in [0.05, 0.1) is 28.1 Å². The zero-order valence-corrected chi connectivity index (χ0v) is 28.6. The fourth-order valence-electron chi connectivity index (χ4n) is 7.96. The molecule has 0 aliphatic carbocycles. The van der Waals surface area contributed by atoms with Crippen molar-refractivity contribution in [3.05, 3.63) is 182 Å². The van der Waals surface area contributed by atoms with Crippen molar-refractivity contribution in [3.8, 4) is 73.2 Å². The van der Waals surface area contributed by atoms with E-state index in [1.54, 1.807) is 0 Å². The second-order valence-electron chi connectivity index (χ2n) is 13.7. The quantitative estimate of drug-likeness (QED) is 0.187. The van der Waals surface area contributed by atoms with E-state index in [1.807, 2.05) is 0 Å². The van der Waals surface area contributed by atoms with Crippen molar-refractivity contribution in [1.82, 2.24) is 19.5 Å². The Morgan fingerprint density at radius 1 is 0.340 bits per heavy atom. The van der Waals surface area contributed by atoms with Gasteiger partial charge in [-0.2, -0.15) is 0 Å². The third-order valence-corrected chi connectivity index (χ3v) is 10.5. The summed E-state index contributed by atoms with van der Waals surface area (Å²) in [4.78, 5) is 15.6. The maximum absolute atomic E-state index is 5.26. The van der Waals surface area contributed by atoms with E-state index in [2.05, 4.69) is 187 Å². The van der Waals surface area contributed by atoms with Gasteiger partial charge in [0.15, 0.2) is 5.82 Å². The third-order valence-electron chi connectivity index (χ3n) is 10.5. The zero-order valence-electron chi connectivity index (χ0n) is 28.6. The first-order valence-corrected chi connectivity index (χ1v) is 17.9. The average molecular weight is 675 g/mol. The third kappa shape index (κ3) is 4.80. The number of benzene rings is 8. The van der Waals surface area contributed by atoms with Crippen LogP contribution in [0.4, 0.5) is 0 Å². The Bertz CT molecular complexity index is 2970. The average Bonchev–Trinajstić information content (AvgIpc) is 3.57. The highest BCUT2D eigenvalue weighted by Gasteiger charge is 2.25. The molecule has 0 radical (unpaired) electrons. The molecular formula is C49H30N4. The normalized spacial score (nSPS) is 11.8. The molecule has 0 saturated carbocycles. The lowest BCUT2D eigenvalue weighted by Crippen LogP contribution is -1.99. The lowest BCUT2D eigenvalue weighted by Gasteiger charge is -2.14. The number of rotatable bonds is 4. The first-order chi connectivity index (χ1) is 26.2. The summed E-state index contributed by atoms with van der Waals surface area (Å²) in [7, 11) is 0. The molecule has 8 aromatic carbocycles. The molecular weight excluding hydrogens is 645 g/mol. The predicted octanol–water partition coefficient (Wildman–Crippen LogP) is 12.4. The maximum atomic E-state index is 5.26. The van der Waals surface area contributed by atoms with Crippen LogP contribution < -0.4 is 0 Å². The van der Waals surface area contributed by atoms with Crippen molar-refractivity contribution in [1.29, 1.82) is 0 Å². The van der Waals surface area contributed by atoms with Gasteiger partial charge in [-0.05, 0) is 63.0 Å². The van der Waals surface area contributed by atoms with Crippen molar-refractivity contribution in [3.63, 3.8) is 0 Å². The Labute approximate surface area is 306 Å². The molecule has 0 fully saturated rings. The molecule has 4 nitrogen and oxygen atoms in total. The van der Waals surface area contributed by atoms with Crippen LogP contribution in [-0.2, 0) is 0 Å². The minimum absolute atomic E-state index is 0.680. The van der Waals surface area contributed by atoms with Crippen molar-refractivity contribution in [2.24, 2.45) is 0 Å². The van der Waals surface area contributed by atoms with Crippen molar-refractivity contribution in [2.45, 2.75) is 0 Å². The fourth-order valence-corrected chi connectivity index (χ4v) is 7.96. The molecule has 246 valence electrons. The van der Waals surface area contributed by atoms with Crippen LogP contribution in [-0.4, -0.2) is 19.5 Å². The molecule has 0 atom stereocenters. The van der Waals surface area contributed by atoms with Gasteiger partial charge < -0.3 is 0 Å². The van der Waals surface area contributed by atoms with Gasteiger partial charge in [-0.1, -0.05) is 152 Å². The van der Waals surface area contributed by atoms with Crippen molar-refractivity contribution < 1.29 is 0 Å². The number of para-hydroxylation sites is 2. The highest BCUT2D eigenvalue weighted by atomic mass is 15.1. The number of nitrogens with zero attached hydrogens (tertiary/aromatic N) is 4. The summed E-state index contributed by atoms with van der Waals surface area (Å²) in [6, 6.07) is 64.4. The van der Waals surface area contributed by atoms with Crippen LogP contribution in [0, 0.1) is 0 Å². The highest BCUT2D eigenvalue weighted by Crippen LogP contribution is 2.45. The molecule has 11 rings (SSSR count). The van der Waals surface area contributed by atoms with E-state index in [4.69, 9.17) is 15.0 Å². The first kappa shape index (κ1) is 29.5. The number of imidazole rings is 1. The molecule has 4 heteroatoms. The molecule has 2 aromatic heterocycles. The van der Waals surface area contributed by atoms with Crippen LogP contribution in [0.25, 0.3) is 106 Å². The van der Waals surface area contributed by atoms with E-state index in [0.29, 0.717) is 5.82 Å². The van der Waals surface area contributed by atoms with Gasteiger partial charge in [0.2, 0.25) is 0 Å². The lowest BCUT2D eigenvalue weighted by atomic mass is 9.94. The summed E-state index contributed by atoms with van der Waals surface area (Å²) in [5.74, 6) is 1.59. The maximum Gasteiger partial charge on any atom is 0.160 e. The number of aromatic nitrogens is 4. The molecule has 0 bridgehead atoms. The highest BCUT2D eigenvalue weighted by molar-refractivity contribution is 6.03. The summed E-state index contributed by atoms with van der Waals surface area (Å²) >= 11 is 0. The van der Waals surface area contributed by atoms with Gasteiger partial charge in [0.1, 0.15) is 5.82 Å². The molecule has 0 spiro atoms. The summed E-state index contributed by atoms with van der Waals surface area (Å²) in [5.41, 5.74) is 13.9. The Balaban J connectivity index is 1.07. The van der Waals surface area contributed by atoms with Gasteiger partial charge in [-0.3, -0.25) is 4.57 Å². The van der Waals surface area contributed by atoms with Crippen LogP contribution >= 0.6 is 0 Å². The Morgan fingerprint density at radius 3 is 1.51 bits per heavy atom. The Hall–Kier alpha value is -7.17. The molecule has 1 aliphatic heterocycles. The van der Waals surface area contributed by atoms with Gasteiger partial charge in [0, 0.05) is 33.4 Å². The minimum Gasteiger partial charge on any atom is -0.291 e. The zero-order chi connectivity index (χ0) is 34.9. The van der Waals surface area contributed by atoms with Crippen molar-refractivity contribution in [2.75, 3.05) is 0 Å². The van der Waals surface area contributed by atoms with Crippen LogP contribution in [0.5, 0.6) is 0 Å². The topological polar surface area (TPSA) is 43.6 Å². The largest absolute Gasteiger partial charge is 0.291 e. The monoisotopic (exact) mass is 674 g/mol. The van der Waals surface area contributed by atoms with E-state index in [0.717, 1.165) is 56.2 Å². The van der Waals surface area contributed by atoms with Gasteiger partial charge >= 0.3 is 0 Å². The minimum atomic E-state index is 0.680. The van der Waals surface area contributed by atoms with Crippen molar-refractivity contribution >= 4 is 32.6 Å². The molecule has 1 aliphatic rings. The number of hydrogen-bond acceptors (Lipinski definition) is 3. The number of fused-ring (bicyclic) bond motifs is 7. The number of hydrogen-bond donors (Lipinski definition) is 0. The summed E-state index contributed by atoms with van der Waals surface area (Å²) in [6.07, 6.45) is 0. The second-order valence-corrected chi connectivity index (χ2v) is 13.7. The SMILES string of the molecule is c1ccc2c(c1)-c1ccccc1-n1c(-c3ccc(-c4nc(-c5ccc6ccccc6c5)cc(-c5ccc6ccccc6c5)n4)cc3)nc3cccc-2c31. The van der Waals surface area contributed by atoms with Gasteiger partial charge in [0.25, 0.3) is 0 Å². The van der Waals surface area contributed by atoms with Gasteiger partial charge in [-0.15, -0.1) is 0 Å². The smallest absolute Gasteiger partial charge is 0.160 e. The first-order valence-electron chi connectivity index (χ1n) is 17.9. The molecule has 53 heavy (non-hydrogen) atoms. The van der Waals surface area contributed by atoms with E-state index >= 15 is 0 Å². The summed E-state index contributed by atoms with van der Waals surface area (Å²) in [5, 5.41) is 4.77. The summed E-state index contributed by atoms with van der Waals surface area (Å²) in [6.45, 7) is 0. The Kier molecular flexibility index (Phi) is 6.52. The van der Waals surface area contributed by atoms with E-state index in [9.17, 15) is 0 Å². The lowest BCUT2D eigenvalue weighted by molar-refractivity contribution is 1.11.